The lowest BCUT2D eigenvalue weighted by Gasteiger charge is -2.20. The number of carbonyl (C=O) groups is 1. The zero-order valence-corrected chi connectivity index (χ0v) is 13.6. The quantitative estimate of drug-likeness (QED) is 0.728. The number of benzene rings is 1. The Bertz CT molecular complexity index is 610. The Morgan fingerprint density at radius 3 is 2.61 bits per heavy atom. The van der Waals surface area contributed by atoms with Gasteiger partial charge in [-0.05, 0) is 25.0 Å². The SMILES string of the molecule is CC(O)CC(CNC(=O)NCc1ccnn1C)c1ccccc1. The summed E-state index contributed by atoms with van der Waals surface area (Å²) in [6, 6.07) is 11.6. The highest BCUT2D eigenvalue weighted by molar-refractivity contribution is 5.73. The summed E-state index contributed by atoms with van der Waals surface area (Å²) < 4.78 is 1.72. The van der Waals surface area contributed by atoms with Gasteiger partial charge in [0.05, 0.1) is 18.3 Å². The van der Waals surface area contributed by atoms with Gasteiger partial charge in [0, 0.05) is 25.7 Å². The highest BCUT2D eigenvalue weighted by Crippen LogP contribution is 2.20. The highest BCUT2D eigenvalue weighted by Gasteiger charge is 2.15. The number of rotatable bonds is 7. The fraction of sp³-hybridized carbons (Fsp3) is 0.412. The number of aliphatic hydroxyl groups excluding tert-OH is 1. The average Bonchev–Trinajstić information content (AvgIpc) is 2.95. The molecule has 0 bridgehead atoms. The number of aryl methyl sites for hydroxylation is 1. The number of hydrogen-bond acceptors (Lipinski definition) is 3. The van der Waals surface area contributed by atoms with E-state index in [9.17, 15) is 9.90 Å². The summed E-state index contributed by atoms with van der Waals surface area (Å²) in [5.74, 6) is 0.0821. The van der Waals surface area contributed by atoms with Gasteiger partial charge in [-0.1, -0.05) is 30.3 Å². The molecule has 1 aromatic heterocycles. The Kier molecular flexibility index (Phi) is 6.17. The average molecular weight is 316 g/mol. The van der Waals surface area contributed by atoms with E-state index in [1.165, 1.54) is 0 Å². The minimum absolute atomic E-state index is 0.0821. The number of carbonyl (C=O) groups excluding carboxylic acids is 1. The van der Waals surface area contributed by atoms with Gasteiger partial charge in [0.2, 0.25) is 0 Å². The van der Waals surface area contributed by atoms with Crippen LogP contribution in [0.2, 0.25) is 0 Å². The zero-order valence-electron chi connectivity index (χ0n) is 13.6. The molecular formula is C17H24N4O2. The minimum atomic E-state index is -0.417. The van der Waals surface area contributed by atoms with Gasteiger partial charge in [0.1, 0.15) is 0 Å². The van der Waals surface area contributed by atoms with E-state index < -0.39 is 6.10 Å². The first-order valence-corrected chi connectivity index (χ1v) is 7.78. The van der Waals surface area contributed by atoms with Crippen molar-refractivity contribution < 1.29 is 9.90 Å². The molecule has 0 aliphatic rings. The Labute approximate surface area is 136 Å². The standard InChI is InChI=1S/C17H24N4O2/c1-13(22)10-15(14-6-4-3-5-7-14)11-18-17(23)19-12-16-8-9-20-21(16)2/h3-9,13,15,22H,10-12H2,1-2H3,(H2,18,19,23). The fourth-order valence-electron chi connectivity index (χ4n) is 2.50. The molecule has 0 fully saturated rings. The van der Waals surface area contributed by atoms with E-state index in [1.807, 2.05) is 43.4 Å². The first-order valence-electron chi connectivity index (χ1n) is 7.78. The molecule has 0 radical (unpaired) electrons. The summed E-state index contributed by atoms with van der Waals surface area (Å²) in [5.41, 5.74) is 2.05. The summed E-state index contributed by atoms with van der Waals surface area (Å²) in [6.07, 6.45) is 1.88. The molecular weight excluding hydrogens is 292 g/mol. The van der Waals surface area contributed by atoms with Crippen LogP contribution in [0.3, 0.4) is 0 Å². The molecule has 23 heavy (non-hydrogen) atoms. The van der Waals surface area contributed by atoms with Gasteiger partial charge in [0.15, 0.2) is 0 Å². The van der Waals surface area contributed by atoms with Crippen LogP contribution in [0.15, 0.2) is 42.6 Å². The molecule has 1 aromatic carbocycles. The molecule has 2 atom stereocenters. The van der Waals surface area contributed by atoms with Gasteiger partial charge < -0.3 is 15.7 Å². The van der Waals surface area contributed by atoms with Crippen molar-refractivity contribution in [1.29, 1.82) is 0 Å². The van der Waals surface area contributed by atoms with Crippen molar-refractivity contribution in [3.8, 4) is 0 Å². The molecule has 6 nitrogen and oxygen atoms in total. The van der Waals surface area contributed by atoms with E-state index in [4.69, 9.17) is 0 Å². The van der Waals surface area contributed by atoms with Crippen molar-refractivity contribution in [1.82, 2.24) is 20.4 Å². The van der Waals surface area contributed by atoms with Crippen LogP contribution >= 0.6 is 0 Å². The number of nitrogens with one attached hydrogen (secondary N) is 2. The second-order valence-corrected chi connectivity index (χ2v) is 5.70. The smallest absolute Gasteiger partial charge is 0.315 e. The van der Waals surface area contributed by atoms with E-state index >= 15 is 0 Å². The predicted octanol–water partition coefficient (Wildman–Crippen LogP) is 1.77. The van der Waals surface area contributed by atoms with Crippen LogP contribution < -0.4 is 10.6 Å². The molecule has 0 saturated carbocycles. The van der Waals surface area contributed by atoms with Gasteiger partial charge in [-0.3, -0.25) is 4.68 Å². The number of amides is 2. The van der Waals surface area contributed by atoms with Crippen LogP contribution in [-0.4, -0.2) is 33.6 Å². The zero-order chi connectivity index (χ0) is 16.7. The van der Waals surface area contributed by atoms with Crippen LogP contribution in [0.1, 0.15) is 30.5 Å². The van der Waals surface area contributed by atoms with Crippen LogP contribution in [0.4, 0.5) is 4.79 Å². The van der Waals surface area contributed by atoms with E-state index in [2.05, 4.69) is 15.7 Å². The molecule has 2 aromatic rings. The van der Waals surface area contributed by atoms with Crippen molar-refractivity contribution in [3.05, 3.63) is 53.9 Å². The molecule has 0 aliphatic heterocycles. The van der Waals surface area contributed by atoms with Gasteiger partial charge >= 0.3 is 6.03 Å². The third-order valence-electron chi connectivity index (χ3n) is 3.76. The Balaban J connectivity index is 1.85. The lowest BCUT2D eigenvalue weighted by atomic mass is 9.93. The third kappa shape index (κ3) is 5.41. The summed E-state index contributed by atoms with van der Waals surface area (Å²) >= 11 is 0. The van der Waals surface area contributed by atoms with Crippen LogP contribution in [0, 0.1) is 0 Å². The number of aliphatic hydroxyl groups is 1. The second-order valence-electron chi connectivity index (χ2n) is 5.70. The van der Waals surface area contributed by atoms with Crippen molar-refractivity contribution in [2.75, 3.05) is 6.54 Å². The number of urea groups is 1. The maximum Gasteiger partial charge on any atom is 0.315 e. The molecule has 1 heterocycles. The maximum absolute atomic E-state index is 12.0. The molecule has 0 saturated heterocycles. The molecule has 2 unspecified atom stereocenters. The Morgan fingerprint density at radius 2 is 2.00 bits per heavy atom. The van der Waals surface area contributed by atoms with Crippen molar-refractivity contribution in [3.63, 3.8) is 0 Å². The first-order chi connectivity index (χ1) is 11.1. The normalized spacial score (nSPS) is 13.3. The van der Waals surface area contributed by atoms with Crippen molar-refractivity contribution >= 4 is 6.03 Å². The molecule has 3 N–H and O–H groups in total. The fourth-order valence-corrected chi connectivity index (χ4v) is 2.50. The second kappa shape index (κ2) is 8.33. The van der Waals surface area contributed by atoms with E-state index in [0.717, 1.165) is 11.3 Å². The van der Waals surface area contributed by atoms with Gasteiger partial charge in [-0.15, -0.1) is 0 Å². The van der Waals surface area contributed by atoms with E-state index in [0.29, 0.717) is 19.5 Å². The largest absolute Gasteiger partial charge is 0.393 e. The lowest BCUT2D eigenvalue weighted by molar-refractivity contribution is 0.173. The summed E-state index contributed by atoms with van der Waals surface area (Å²) in [4.78, 5) is 12.0. The van der Waals surface area contributed by atoms with E-state index in [1.54, 1.807) is 17.8 Å². The van der Waals surface area contributed by atoms with Gasteiger partial charge in [-0.25, -0.2) is 4.79 Å². The first kappa shape index (κ1) is 17.0. The highest BCUT2D eigenvalue weighted by atomic mass is 16.3. The third-order valence-corrected chi connectivity index (χ3v) is 3.76. The monoisotopic (exact) mass is 316 g/mol. The summed E-state index contributed by atoms with van der Waals surface area (Å²) in [6.45, 7) is 2.67. The molecule has 2 amide bonds. The van der Waals surface area contributed by atoms with E-state index in [-0.39, 0.29) is 11.9 Å². The van der Waals surface area contributed by atoms with Crippen molar-refractivity contribution in [2.24, 2.45) is 7.05 Å². The van der Waals surface area contributed by atoms with Crippen LogP contribution in [0.5, 0.6) is 0 Å². The molecule has 6 heteroatoms. The number of aromatic nitrogens is 2. The molecule has 124 valence electrons. The molecule has 0 spiro atoms. The molecule has 2 rings (SSSR count). The summed E-state index contributed by atoms with van der Waals surface area (Å²) in [7, 11) is 1.84. The van der Waals surface area contributed by atoms with Crippen molar-refractivity contribution in [2.45, 2.75) is 31.9 Å². The topological polar surface area (TPSA) is 79.2 Å². The van der Waals surface area contributed by atoms with Gasteiger partial charge in [-0.2, -0.15) is 5.10 Å². The Hall–Kier alpha value is -2.34. The van der Waals surface area contributed by atoms with Crippen LogP contribution in [0.25, 0.3) is 0 Å². The van der Waals surface area contributed by atoms with Gasteiger partial charge in [0.25, 0.3) is 0 Å². The number of nitrogens with zero attached hydrogens (tertiary/aromatic N) is 2. The Morgan fingerprint density at radius 1 is 1.26 bits per heavy atom. The summed E-state index contributed by atoms with van der Waals surface area (Å²) in [5, 5.41) is 19.4. The lowest BCUT2D eigenvalue weighted by Crippen LogP contribution is -2.38. The minimum Gasteiger partial charge on any atom is -0.393 e. The maximum atomic E-state index is 12.0. The van der Waals surface area contributed by atoms with Crippen LogP contribution in [-0.2, 0) is 13.6 Å². The predicted molar refractivity (Wildman–Crippen MR) is 88.9 cm³/mol. The number of hydrogen-bond donors (Lipinski definition) is 3. The molecule has 0 aliphatic carbocycles.